The van der Waals surface area contributed by atoms with E-state index in [2.05, 4.69) is 27.9 Å². The maximum absolute atomic E-state index is 13.3. The van der Waals surface area contributed by atoms with Crippen LogP contribution in [0.5, 0.6) is 0 Å². The molecule has 2 nitrogen and oxygen atoms in total. The standard InChI is InChI=1S/C14H20BrFN2/c1-18(14-4-2-13(17)3-5-14)9-10-6-11(15)8-12(16)7-10/h6-8,13-14H,2-5,9,17H2,1H3. The van der Waals surface area contributed by atoms with Crippen LogP contribution in [0.2, 0.25) is 0 Å². The molecule has 1 aliphatic carbocycles. The van der Waals surface area contributed by atoms with E-state index in [1.54, 1.807) is 6.07 Å². The topological polar surface area (TPSA) is 29.3 Å². The van der Waals surface area contributed by atoms with Gasteiger partial charge in [-0.05, 0) is 56.5 Å². The number of rotatable bonds is 3. The van der Waals surface area contributed by atoms with Gasteiger partial charge < -0.3 is 5.73 Å². The Balaban J connectivity index is 1.96. The van der Waals surface area contributed by atoms with Gasteiger partial charge in [0.15, 0.2) is 0 Å². The number of nitrogens with zero attached hydrogens (tertiary/aromatic N) is 1. The van der Waals surface area contributed by atoms with Gasteiger partial charge in [-0.1, -0.05) is 15.9 Å². The van der Waals surface area contributed by atoms with Crippen LogP contribution in [0.15, 0.2) is 22.7 Å². The third-order valence-corrected chi connectivity index (χ3v) is 4.18. The van der Waals surface area contributed by atoms with E-state index >= 15 is 0 Å². The highest BCUT2D eigenvalue weighted by Crippen LogP contribution is 2.23. The summed E-state index contributed by atoms with van der Waals surface area (Å²) in [4.78, 5) is 2.31. The van der Waals surface area contributed by atoms with Crippen molar-refractivity contribution in [2.75, 3.05) is 7.05 Å². The van der Waals surface area contributed by atoms with E-state index < -0.39 is 0 Å². The molecule has 1 fully saturated rings. The van der Waals surface area contributed by atoms with Crippen molar-refractivity contribution in [3.8, 4) is 0 Å². The molecule has 1 aromatic rings. The number of hydrogen-bond donors (Lipinski definition) is 1. The molecule has 0 aliphatic heterocycles. The van der Waals surface area contributed by atoms with Crippen LogP contribution in [0.3, 0.4) is 0 Å². The Labute approximate surface area is 116 Å². The van der Waals surface area contributed by atoms with E-state index in [1.165, 1.54) is 6.07 Å². The van der Waals surface area contributed by atoms with Crippen LogP contribution < -0.4 is 5.73 Å². The smallest absolute Gasteiger partial charge is 0.124 e. The fourth-order valence-corrected chi connectivity index (χ4v) is 3.17. The van der Waals surface area contributed by atoms with Gasteiger partial charge in [0.1, 0.15) is 5.82 Å². The summed E-state index contributed by atoms with van der Waals surface area (Å²) in [6, 6.07) is 6.03. The van der Waals surface area contributed by atoms with Crippen molar-refractivity contribution in [3.05, 3.63) is 34.1 Å². The highest BCUT2D eigenvalue weighted by Gasteiger charge is 2.21. The van der Waals surface area contributed by atoms with Crippen molar-refractivity contribution in [2.24, 2.45) is 5.73 Å². The first-order valence-corrected chi connectivity index (χ1v) is 7.24. The van der Waals surface area contributed by atoms with Crippen molar-refractivity contribution < 1.29 is 4.39 Å². The molecule has 0 unspecified atom stereocenters. The maximum atomic E-state index is 13.3. The van der Waals surface area contributed by atoms with Gasteiger partial charge in [0, 0.05) is 23.1 Å². The van der Waals surface area contributed by atoms with Crippen molar-refractivity contribution in [1.82, 2.24) is 4.90 Å². The normalized spacial score (nSPS) is 24.5. The lowest BCUT2D eigenvalue weighted by Crippen LogP contribution is -2.38. The number of hydrogen-bond acceptors (Lipinski definition) is 2. The summed E-state index contributed by atoms with van der Waals surface area (Å²) >= 11 is 3.33. The van der Waals surface area contributed by atoms with E-state index in [0.29, 0.717) is 12.1 Å². The summed E-state index contributed by atoms with van der Waals surface area (Å²) in [5.74, 6) is -0.182. The second kappa shape index (κ2) is 6.13. The van der Waals surface area contributed by atoms with Gasteiger partial charge in [0.25, 0.3) is 0 Å². The van der Waals surface area contributed by atoms with E-state index in [0.717, 1.165) is 42.3 Å². The van der Waals surface area contributed by atoms with E-state index in [4.69, 9.17) is 5.73 Å². The highest BCUT2D eigenvalue weighted by atomic mass is 79.9. The molecule has 0 atom stereocenters. The number of nitrogens with two attached hydrogens (primary N) is 1. The Morgan fingerprint density at radius 3 is 2.56 bits per heavy atom. The molecule has 0 heterocycles. The zero-order chi connectivity index (χ0) is 13.1. The molecule has 2 N–H and O–H groups in total. The lowest BCUT2D eigenvalue weighted by atomic mass is 9.91. The van der Waals surface area contributed by atoms with Crippen molar-refractivity contribution in [1.29, 1.82) is 0 Å². The Morgan fingerprint density at radius 1 is 1.28 bits per heavy atom. The van der Waals surface area contributed by atoms with Gasteiger partial charge in [0.2, 0.25) is 0 Å². The van der Waals surface area contributed by atoms with Crippen LogP contribution in [0.4, 0.5) is 4.39 Å². The summed E-state index contributed by atoms with van der Waals surface area (Å²) in [6.07, 6.45) is 4.49. The summed E-state index contributed by atoms with van der Waals surface area (Å²) in [6.45, 7) is 0.788. The van der Waals surface area contributed by atoms with Crippen molar-refractivity contribution >= 4 is 15.9 Å². The largest absolute Gasteiger partial charge is 0.328 e. The quantitative estimate of drug-likeness (QED) is 0.927. The Kier molecular flexibility index (Phi) is 4.76. The van der Waals surface area contributed by atoms with Gasteiger partial charge >= 0.3 is 0 Å². The van der Waals surface area contributed by atoms with Gasteiger partial charge in [-0.15, -0.1) is 0 Å². The molecule has 0 saturated heterocycles. The summed E-state index contributed by atoms with van der Waals surface area (Å²) in [7, 11) is 2.11. The fourth-order valence-electron chi connectivity index (χ4n) is 2.66. The SMILES string of the molecule is CN(Cc1cc(F)cc(Br)c1)C1CCC(N)CC1. The molecule has 1 aliphatic rings. The fraction of sp³-hybridized carbons (Fsp3) is 0.571. The van der Waals surface area contributed by atoms with Gasteiger partial charge in [-0.2, -0.15) is 0 Å². The maximum Gasteiger partial charge on any atom is 0.124 e. The lowest BCUT2D eigenvalue weighted by Gasteiger charge is -2.33. The Hall–Kier alpha value is -0.450. The highest BCUT2D eigenvalue weighted by molar-refractivity contribution is 9.10. The molecule has 0 bridgehead atoms. The summed E-state index contributed by atoms with van der Waals surface area (Å²) in [5.41, 5.74) is 6.93. The molecule has 1 saturated carbocycles. The second-order valence-electron chi connectivity index (χ2n) is 5.26. The lowest BCUT2D eigenvalue weighted by molar-refractivity contribution is 0.176. The summed E-state index contributed by atoms with van der Waals surface area (Å²) < 4.78 is 14.1. The van der Waals surface area contributed by atoms with Gasteiger partial charge in [-0.3, -0.25) is 4.90 Å². The average molecular weight is 315 g/mol. The number of halogens is 2. The first-order valence-electron chi connectivity index (χ1n) is 6.45. The summed E-state index contributed by atoms with van der Waals surface area (Å²) in [5, 5.41) is 0. The van der Waals surface area contributed by atoms with E-state index in [9.17, 15) is 4.39 Å². The van der Waals surface area contributed by atoms with E-state index in [-0.39, 0.29) is 5.82 Å². The molecular weight excluding hydrogens is 295 g/mol. The van der Waals surface area contributed by atoms with Crippen LogP contribution in [0, 0.1) is 5.82 Å². The first-order chi connectivity index (χ1) is 8.54. The monoisotopic (exact) mass is 314 g/mol. The van der Waals surface area contributed by atoms with Crippen LogP contribution >= 0.6 is 15.9 Å². The minimum atomic E-state index is -0.182. The third-order valence-electron chi connectivity index (χ3n) is 3.72. The Bertz CT molecular complexity index is 383. The molecule has 0 spiro atoms. The predicted molar refractivity (Wildman–Crippen MR) is 75.8 cm³/mol. The molecule has 0 radical (unpaired) electrons. The molecule has 18 heavy (non-hydrogen) atoms. The molecule has 2 rings (SSSR count). The second-order valence-corrected chi connectivity index (χ2v) is 6.18. The first kappa shape index (κ1) is 14.0. The van der Waals surface area contributed by atoms with Crippen LogP contribution in [-0.4, -0.2) is 24.0 Å². The van der Waals surface area contributed by atoms with Gasteiger partial charge in [0.05, 0.1) is 0 Å². The van der Waals surface area contributed by atoms with Crippen LogP contribution in [-0.2, 0) is 6.54 Å². The predicted octanol–water partition coefficient (Wildman–Crippen LogP) is 3.29. The minimum absolute atomic E-state index is 0.182. The molecule has 1 aromatic carbocycles. The third kappa shape index (κ3) is 3.77. The Morgan fingerprint density at radius 2 is 1.94 bits per heavy atom. The van der Waals surface area contributed by atoms with E-state index in [1.807, 2.05) is 6.07 Å². The molecule has 0 amide bonds. The zero-order valence-electron chi connectivity index (χ0n) is 10.7. The zero-order valence-corrected chi connectivity index (χ0v) is 12.3. The molecule has 100 valence electrons. The van der Waals surface area contributed by atoms with Crippen molar-refractivity contribution in [3.63, 3.8) is 0 Å². The van der Waals surface area contributed by atoms with Crippen molar-refractivity contribution in [2.45, 2.75) is 44.3 Å². The van der Waals surface area contributed by atoms with Crippen LogP contribution in [0.25, 0.3) is 0 Å². The number of benzene rings is 1. The average Bonchev–Trinajstić information content (AvgIpc) is 2.28. The van der Waals surface area contributed by atoms with Crippen LogP contribution in [0.1, 0.15) is 31.2 Å². The molecule has 4 heteroatoms. The minimum Gasteiger partial charge on any atom is -0.328 e. The van der Waals surface area contributed by atoms with Gasteiger partial charge in [-0.25, -0.2) is 4.39 Å². The molecular formula is C14H20BrFN2. The molecule has 0 aromatic heterocycles.